The second-order valence-corrected chi connectivity index (χ2v) is 4.91. The lowest BCUT2D eigenvalue weighted by Gasteiger charge is -2.34. The molecule has 1 saturated carbocycles. The zero-order valence-electron chi connectivity index (χ0n) is 9.47. The van der Waals surface area contributed by atoms with Crippen LogP contribution in [0.1, 0.15) is 39.0 Å². The van der Waals surface area contributed by atoms with Crippen LogP contribution < -0.4 is 5.32 Å². The molecule has 2 fully saturated rings. The second-order valence-electron chi connectivity index (χ2n) is 4.91. The average Bonchev–Trinajstić information content (AvgIpc) is 2.16. The Labute approximate surface area is 88.1 Å². The Kier molecular flexibility index (Phi) is 3.82. The van der Waals surface area contributed by atoms with Crippen molar-refractivity contribution in [1.29, 1.82) is 0 Å². The van der Waals surface area contributed by atoms with Crippen LogP contribution >= 0.6 is 0 Å². The summed E-state index contributed by atoms with van der Waals surface area (Å²) in [6, 6.07) is 0.818. The van der Waals surface area contributed by atoms with Gasteiger partial charge in [-0.3, -0.25) is 0 Å². The fourth-order valence-corrected chi connectivity index (χ4v) is 2.48. The van der Waals surface area contributed by atoms with Crippen LogP contribution in [0.4, 0.5) is 0 Å². The summed E-state index contributed by atoms with van der Waals surface area (Å²) in [5, 5.41) is 3.74. The smallest absolute Gasteiger partial charge is 0.00915 e. The van der Waals surface area contributed by atoms with Crippen LogP contribution in [0.3, 0.4) is 0 Å². The van der Waals surface area contributed by atoms with E-state index in [0.717, 1.165) is 12.0 Å². The first kappa shape index (κ1) is 10.4. The molecule has 0 spiro atoms. The van der Waals surface area contributed by atoms with Crippen molar-refractivity contribution in [1.82, 2.24) is 10.2 Å². The average molecular weight is 196 g/mol. The van der Waals surface area contributed by atoms with Crippen molar-refractivity contribution in [2.24, 2.45) is 5.92 Å². The molecule has 2 aliphatic rings. The van der Waals surface area contributed by atoms with Gasteiger partial charge in [-0.05, 0) is 57.8 Å². The summed E-state index contributed by atoms with van der Waals surface area (Å²) in [6.07, 6.45) is 7.14. The van der Waals surface area contributed by atoms with Gasteiger partial charge in [0.05, 0.1) is 0 Å². The van der Waals surface area contributed by atoms with Crippen LogP contribution in [0.2, 0.25) is 0 Å². The molecule has 0 aromatic carbocycles. The van der Waals surface area contributed by atoms with Crippen molar-refractivity contribution in [2.75, 3.05) is 26.2 Å². The van der Waals surface area contributed by atoms with Gasteiger partial charge in [-0.1, -0.05) is 13.3 Å². The number of likely N-dealkylation sites (tertiary alicyclic amines) is 1. The normalized spacial score (nSPS) is 26.4. The van der Waals surface area contributed by atoms with E-state index in [2.05, 4.69) is 17.1 Å². The molecule has 0 aromatic rings. The first-order chi connectivity index (χ1) is 6.88. The monoisotopic (exact) mass is 196 g/mol. The predicted octanol–water partition coefficient (Wildman–Crippen LogP) is 1.86. The Morgan fingerprint density at radius 2 is 1.86 bits per heavy atom. The molecule has 2 heteroatoms. The molecule has 2 rings (SSSR count). The summed E-state index contributed by atoms with van der Waals surface area (Å²) in [4.78, 5) is 2.56. The van der Waals surface area contributed by atoms with Crippen LogP contribution in [0, 0.1) is 5.92 Å². The van der Waals surface area contributed by atoms with Gasteiger partial charge in [0.25, 0.3) is 0 Å². The molecular formula is C12H24N2. The summed E-state index contributed by atoms with van der Waals surface area (Å²) in [7, 11) is 0. The van der Waals surface area contributed by atoms with Crippen molar-refractivity contribution < 1.29 is 0 Å². The van der Waals surface area contributed by atoms with E-state index in [1.807, 2.05) is 0 Å². The van der Waals surface area contributed by atoms with Crippen LogP contribution in [0.25, 0.3) is 0 Å². The van der Waals surface area contributed by atoms with E-state index in [1.54, 1.807) is 0 Å². The molecule has 1 saturated heterocycles. The highest BCUT2D eigenvalue weighted by molar-refractivity contribution is 4.79. The van der Waals surface area contributed by atoms with Gasteiger partial charge in [0, 0.05) is 6.04 Å². The molecule has 0 atom stereocenters. The summed E-state index contributed by atoms with van der Waals surface area (Å²) in [5.74, 6) is 1.01. The minimum absolute atomic E-state index is 0.818. The topological polar surface area (TPSA) is 15.3 Å². The quantitative estimate of drug-likeness (QED) is 0.738. The number of hydrogen-bond acceptors (Lipinski definition) is 2. The lowest BCUT2D eigenvalue weighted by molar-refractivity contribution is 0.194. The zero-order valence-corrected chi connectivity index (χ0v) is 9.47. The Bertz CT molecular complexity index is 158. The highest BCUT2D eigenvalue weighted by Gasteiger charge is 2.21. The number of hydrogen-bond donors (Lipinski definition) is 1. The summed E-state index contributed by atoms with van der Waals surface area (Å²) < 4.78 is 0. The fourth-order valence-electron chi connectivity index (χ4n) is 2.48. The molecular weight excluding hydrogens is 172 g/mol. The van der Waals surface area contributed by atoms with Gasteiger partial charge in [0.15, 0.2) is 0 Å². The van der Waals surface area contributed by atoms with Crippen molar-refractivity contribution in [2.45, 2.75) is 45.1 Å². The molecule has 0 radical (unpaired) electrons. The number of nitrogens with zero attached hydrogens (tertiary/aromatic N) is 1. The van der Waals surface area contributed by atoms with E-state index in [1.165, 1.54) is 58.3 Å². The van der Waals surface area contributed by atoms with E-state index in [0.29, 0.717) is 0 Å². The SMILES string of the molecule is CCN1CCC(NCC2CCC2)CC1. The van der Waals surface area contributed by atoms with Crippen molar-refractivity contribution >= 4 is 0 Å². The summed E-state index contributed by atoms with van der Waals surface area (Å²) in [5.41, 5.74) is 0. The molecule has 1 N–H and O–H groups in total. The molecule has 0 amide bonds. The molecule has 0 unspecified atom stereocenters. The maximum absolute atomic E-state index is 3.74. The van der Waals surface area contributed by atoms with E-state index >= 15 is 0 Å². The lowest BCUT2D eigenvalue weighted by atomic mass is 9.85. The van der Waals surface area contributed by atoms with E-state index in [9.17, 15) is 0 Å². The summed E-state index contributed by atoms with van der Waals surface area (Å²) >= 11 is 0. The molecule has 1 aliphatic carbocycles. The standard InChI is InChI=1S/C12H24N2/c1-2-14-8-6-12(7-9-14)13-10-11-4-3-5-11/h11-13H,2-10H2,1H3. The molecule has 0 aromatic heterocycles. The first-order valence-corrected chi connectivity index (χ1v) is 6.34. The van der Waals surface area contributed by atoms with Gasteiger partial charge < -0.3 is 10.2 Å². The molecule has 0 bridgehead atoms. The van der Waals surface area contributed by atoms with Crippen LogP contribution in [-0.4, -0.2) is 37.1 Å². The highest BCUT2D eigenvalue weighted by Crippen LogP contribution is 2.25. The molecule has 82 valence electrons. The molecule has 2 nitrogen and oxygen atoms in total. The summed E-state index contributed by atoms with van der Waals surface area (Å²) in [6.45, 7) is 7.39. The van der Waals surface area contributed by atoms with Gasteiger partial charge >= 0.3 is 0 Å². The van der Waals surface area contributed by atoms with Crippen molar-refractivity contribution in [3.05, 3.63) is 0 Å². The van der Waals surface area contributed by atoms with Crippen molar-refractivity contribution in [3.63, 3.8) is 0 Å². The predicted molar refractivity (Wildman–Crippen MR) is 60.5 cm³/mol. The largest absolute Gasteiger partial charge is 0.314 e. The molecule has 1 aliphatic heterocycles. The number of piperidine rings is 1. The minimum Gasteiger partial charge on any atom is -0.314 e. The third-order valence-corrected chi connectivity index (χ3v) is 3.95. The zero-order chi connectivity index (χ0) is 9.80. The lowest BCUT2D eigenvalue weighted by Crippen LogP contribution is -2.44. The maximum Gasteiger partial charge on any atom is 0.00915 e. The maximum atomic E-state index is 3.74. The number of rotatable bonds is 4. The van der Waals surface area contributed by atoms with Gasteiger partial charge in [-0.15, -0.1) is 0 Å². The van der Waals surface area contributed by atoms with E-state index < -0.39 is 0 Å². The van der Waals surface area contributed by atoms with Crippen LogP contribution in [-0.2, 0) is 0 Å². The molecule has 14 heavy (non-hydrogen) atoms. The van der Waals surface area contributed by atoms with Gasteiger partial charge in [0.1, 0.15) is 0 Å². The van der Waals surface area contributed by atoms with Crippen molar-refractivity contribution in [3.8, 4) is 0 Å². The number of nitrogens with one attached hydrogen (secondary N) is 1. The van der Waals surface area contributed by atoms with Crippen LogP contribution in [0.5, 0.6) is 0 Å². The molecule has 1 heterocycles. The third kappa shape index (κ3) is 2.71. The highest BCUT2D eigenvalue weighted by atomic mass is 15.1. The fraction of sp³-hybridized carbons (Fsp3) is 1.00. The van der Waals surface area contributed by atoms with Gasteiger partial charge in [-0.25, -0.2) is 0 Å². The Morgan fingerprint density at radius 3 is 2.36 bits per heavy atom. The van der Waals surface area contributed by atoms with E-state index in [4.69, 9.17) is 0 Å². The second kappa shape index (κ2) is 5.13. The van der Waals surface area contributed by atoms with E-state index in [-0.39, 0.29) is 0 Å². The third-order valence-electron chi connectivity index (χ3n) is 3.95. The Hall–Kier alpha value is -0.0800. The Morgan fingerprint density at radius 1 is 1.14 bits per heavy atom. The first-order valence-electron chi connectivity index (χ1n) is 6.34. The minimum atomic E-state index is 0.818. The van der Waals surface area contributed by atoms with Gasteiger partial charge in [-0.2, -0.15) is 0 Å². The van der Waals surface area contributed by atoms with Crippen LogP contribution in [0.15, 0.2) is 0 Å². The Balaban J connectivity index is 1.58. The van der Waals surface area contributed by atoms with Gasteiger partial charge in [0.2, 0.25) is 0 Å².